The zero-order valence-corrected chi connectivity index (χ0v) is 12.7. The molecule has 2 aromatic rings. The van der Waals surface area contributed by atoms with Crippen molar-refractivity contribution in [2.45, 2.75) is 17.9 Å². The van der Waals surface area contributed by atoms with Crippen LogP contribution in [0.3, 0.4) is 0 Å². The third-order valence-electron chi connectivity index (χ3n) is 2.94. The highest BCUT2D eigenvalue weighted by atomic mass is 32.2. The number of amides is 1. The van der Waals surface area contributed by atoms with Crippen molar-refractivity contribution in [1.82, 2.24) is 15.0 Å². The van der Waals surface area contributed by atoms with Crippen LogP contribution in [0.1, 0.15) is 12.0 Å². The van der Waals surface area contributed by atoms with Crippen LogP contribution in [-0.4, -0.2) is 25.9 Å². The number of carbonyl (C=O) groups is 1. The molecule has 0 atom stereocenters. The van der Waals surface area contributed by atoms with Crippen molar-refractivity contribution < 1.29 is 13.2 Å². The first-order valence-electron chi connectivity index (χ1n) is 6.78. The van der Waals surface area contributed by atoms with Crippen molar-refractivity contribution in [2.75, 3.05) is 6.54 Å². The molecular formula is C15H17N3O3S. The number of sulfonamides is 1. The molecule has 116 valence electrons. The summed E-state index contributed by atoms with van der Waals surface area (Å²) in [7, 11) is -3.56. The summed E-state index contributed by atoms with van der Waals surface area (Å²) in [6.07, 6.45) is 3.38. The first-order chi connectivity index (χ1) is 10.6. The van der Waals surface area contributed by atoms with E-state index in [1.807, 2.05) is 0 Å². The number of carbonyl (C=O) groups excluding carboxylic acids is 1. The molecule has 2 N–H and O–H groups in total. The van der Waals surface area contributed by atoms with Crippen LogP contribution in [0.15, 0.2) is 59.8 Å². The van der Waals surface area contributed by atoms with E-state index in [1.165, 1.54) is 12.1 Å². The summed E-state index contributed by atoms with van der Waals surface area (Å²) in [6, 6.07) is 11.7. The Kier molecular flexibility index (Phi) is 5.62. The Bertz CT molecular complexity index is 703. The quantitative estimate of drug-likeness (QED) is 0.799. The van der Waals surface area contributed by atoms with Gasteiger partial charge in [0.25, 0.3) is 0 Å². The first-order valence-corrected chi connectivity index (χ1v) is 8.26. The van der Waals surface area contributed by atoms with E-state index in [1.54, 1.807) is 42.7 Å². The Balaban J connectivity index is 1.75. The number of nitrogens with one attached hydrogen (secondary N) is 2. The van der Waals surface area contributed by atoms with E-state index in [9.17, 15) is 13.2 Å². The second-order valence-electron chi connectivity index (χ2n) is 4.59. The number of rotatable bonds is 7. The summed E-state index contributed by atoms with van der Waals surface area (Å²) >= 11 is 0. The van der Waals surface area contributed by atoms with Crippen LogP contribution in [0, 0.1) is 0 Å². The third kappa shape index (κ3) is 4.94. The third-order valence-corrected chi connectivity index (χ3v) is 4.41. The van der Waals surface area contributed by atoms with E-state index in [4.69, 9.17) is 0 Å². The Hall–Kier alpha value is -2.25. The van der Waals surface area contributed by atoms with E-state index in [-0.39, 0.29) is 23.8 Å². The van der Waals surface area contributed by atoms with Gasteiger partial charge in [-0.3, -0.25) is 9.78 Å². The molecule has 0 saturated carbocycles. The number of benzene rings is 1. The van der Waals surface area contributed by atoms with Gasteiger partial charge in [0.1, 0.15) is 0 Å². The van der Waals surface area contributed by atoms with E-state index >= 15 is 0 Å². The van der Waals surface area contributed by atoms with E-state index < -0.39 is 10.0 Å². The molecule has 0 fully saturated rings. The van der Waals surface area contributed by atoms with Crippen LogP contribution in [-0.2, 0) is 21.4 Å². The SMILES string of the molecule is O=C(CCNS(=O)(=O)c1ccccc1)NCc1ccncc1. The van der Waals surface area contributed by atoms with Crippen LogP contribution >= 0.6 is 0 Å². The molecule has 1 heterocycles. The van der Waals surface area contributed by atoms with Crippen LogP contribution in [0.2, 0.25) is 0 Å². The van der Waals surface area contributed by atoms with Gasteiger partial charge in [0.05, 0.1) is 4.90 Å². The summed E-state index contributed by atoms with van der Waals surface area (Å²) in [5, 5.41) is 2.72. The normalized spacial score (nSPS) is 11.1. The first kappa shape index (κ1) is 16.1. The van der Waals surface area contributed by atoms with Crippen LogP contribution in [0.25, 0.3) is 0 Å². The van der Waals surface area contributed by atoms with E-state index in [2.05, 4.69) is 15.0 Å². The Labute approximate surface area is 129 Å². The molecule has 0 spiro atoms. The molecule has 0 radical (unpaired) electrons. The smallest absolute Gasteiger partial charge is 0.240 e. The van der Waals surface area contributed by atoms with E-state index in [0.29, 0.717) is 6.54 Å². The second-order valence-corrected chi connectivity index (χ2v) is 6.36. The standard InChI is InChI=1S/C15H17N3O3S/c19-15(17-12-13-6-9-16-10-7-13)8-11-18-22(20,21)14-4-2-1-3-5-14/h1-7,9-10,18H,8,11-12H2,(H,17,19). The molecule has 0 unspecified atom stereocenters. The molecule has 0 saturated heterocycles. The number of aromatic nitrogens is 1. The Morgan fingerprint density at radius 2 is 1.73 bits per heavy atom. The van der Waals surface area contributed by atoms with Gasteiger partial charge in [-0.05, 0) is 29.8 Å². The topological polar surface area (TPSA) is 88.2 Å². The van der Waals surface area contributed by atoms with Gasteiger partial charge in [-0.1, -0.05) is 18.2 Å². The Morgan fingerprint density at radius 1 is 1.05 bits per heavy atom. The van der Waals surface area contributed by atoms with E-state index in [0.717, 1.165) is 5.56 Å². The van der Waals surface area contributed by atoms with Gasteiger partial charge in [0.15, 0.2) is 0 Å². The van der Waals surface area contributed by atoms with Crippen molar-refractivity contribution in [3.63, 3.8) is 0 Å². The van der Waals surface area contributed by atoms with Crippen LogP contribution < -0.4 is 10.0 Å². The molecule has 0 bridgehead atoms. The van der Waals surface area contributed by atoms with Gasteiger partial charge in [-0.15, -0.1) is 0 Å². The minimum atomic E-state index is -3.56. The minimum Gasteiger partial charge on any atom is -0.352 e. The van der Waals surface area contributed by atoms with Gasteiger partial charge in [0.2, 0.25) is 15.9 Å². The van der Waals surface area contributed by atoms with Crippen LogP contribution in [0.4, 0.5) is 0 Å². The molecule has 1 aromatic heterocycles. The lowest BCUT2D eigenvalue weighted by molar-refractivity contribution is -0.121. The lowest BCUT2D eigenvalue weighted by atomic mass is 10.2. The number of hydrogen-bond donors (Lipinski definition) is 2. The maximum absolute atomic E-state index is 11.9. The monoisotopic (exact) mass is 319 g/mol. The highest BCUT2D eigenvalue weighted by Gasteiger charge is 2.13. The maximum Gasteiger partial charge on any atom is 0.240 e. The molecule has 1 aromatic carbocycles. The van der Waals surface area contributed by atoms with Gasteiger partial charge >= 0.3 is 0 Å². The highest BCUT2D eigenvalue weighted by molar-refractivity contribution is 7.89. The molecule has 22 heavy (non-hydrogen) atoms. The van der Waals surface area contributed by atoms with Gasteiger partial charge in [-0.2, -0.15) is 0 Å². The predicted octanol–water partition coefficient (Wildman–Crippen LogP) is 1.07. The highest BCUT2D eigenvalue weighted by Crippen LogP contribution is 2.06. The number of nitrogens with zero attached hydrogens (tertiary/aromatic N) is 1. The molecule has 2 rings (SSSR count). The fourth-order valence-corrected chi connectivity index (χ4v) is 2.82. The summed E-state index contributed by atoms with van der Waals surface area (Å²) in [5.41, 5.74) is 0.938. The van der Waals surface area contributed by atoms with Crippen molar-refractivity contribution >= 4 is 15.9 Å². The lowest BCUT2D eigenvalue weighted by Crippen LogP contribution is -2.30. The van der Waals surface area contributed by atoms with Gasteiger partial charge in [0, 0.05) is 31.9 Å². The van der Waals surface area contributed by atoms with Crippen molar-refractivity contribution in [3.05, 3.63) is 60.4 Å². The van der Waals surface area contributed by atoms with Crippen LogP contribution in [0.5, 0.6) is 0 Å². The zero-order chi connectivity index (χ0) is 15.8. The molecule has 0 aliphatic carbocycles. The van der Waals surface area contributed by atoms with Crippen molar-refractivity contribution in [1.29, 1.82) is 0 Å². The molecule has 0 aliphatic rings. The minimum absolute atomic E-state index is 0.0550. The molecule has 7 heteroatoms. The largest absolute Gasteiger partial charge is 0.352 e. The fourth-order valence-electron chi connectivity index (χ4n) is 1.77. The average Bonchev–Trinajstić information content (AvgIpc) is 2.54. The average molecular weight is 319 g/mol. The zero-order valence-electron chi connectivity index (χ0n) is 11.9. The lowest BCUT2D eigenvalue weighted by Gasteiger charge is -2.07. The predicted molar refractivity (Wildman–Crippen MR) is 82.3 cm³/mol. The summed E-state index contributed by atoms with van der Waals surface area (Å²) in [5.74, 6) is -0.215. The van der Waals surface area contributed by atoms with Gasteiger partial charge in [-0.25, -0.2) is 13.1 Å². The van der Waals surface area contributed by atoms with Gasteiger partial charge < -0.3 is 5.32 Å². The Morgan fingerprint density at radius 3 is 2.41 bits per heavy atom. The van der Waals surface area contributed by atoms with Crippen molar-refractivity contribution in [3.8, 4) is 0 Å². The molecule has 0 aliphatic heterocycles. The molecular weight excluding hydrogens is 302 g/mol. The van der Waals surface area contributed by atoms with Crippen molar-refractivity contribution in [2.24, 2.45) is 0 Å². The molecule has 6 nitrogen and oxygen atoms in total. The summed E-state index contributed by atoms with van der Waals surface area (Å²) in [6.45, 7) is 0.451. The summed E-state index contributed by atoms with van der Waals surface area (Å²) in [4.78, 5) is 15.8. The number of hydrogen-bond acceptors (Lipinski definition) is 4. The fraction of sp³-hybridized carbons (Fsp3) is 0.200. The second kappa shape index (κ2) is 7.67. The molecule has 1 amide bonds. The summed E-state index contributed by atoms with van der Waals surface area (Å²) < 4.78 is 26.3. The number of pyridine rings is 1. The maximum atomic E-state index is 11.9.